The Morgan fingerprint density at radius 3 is 3.00 bits per heavy atom. The van der Waals surface area contributed by atoms with Crippen LogP contribution in [-0.2, 0) is 4.74 Å². The molecular formula is C11H22N2O2. The van der Waals surface area contributed by atoms with Gasteiger partial charge in [0.05, 0.1) is 6.61 Å². The second kappa shape index (κ2) is 6.67. The number of carbonyl (C=O) groups is 1. The average molecular weight is 214 g/mol. The zero-order valence-electron chi connectivity index (χ0n) is 9.79. The van der Waals surface area contributed by atoms with E-state index in [1.165, 1.54) is 6.42 Å². The molecule has 0 saturated carbocycles. The second-order valence-electron chi connectivity index (χ2n) is 4.00. The minimum atomic E-state index is -0.277. The van der Waals surface area contributed by atoms with E-state index in [4.69, 9.17) is 4.74 Å². The first-order valence-corrected chi connectivity index (χ1v) is 5.91. The minimum Gasteiger partial charge on any atom is -0.450 e. The third kappa shape index (κ3) is 4.51. The molecule has 4 heteroatoms. The van der Waals surface area contributed by atoms with E-state index in [1.807, 2.05) is 6.92 Å². The van der Waals surface area contributed by atoms with Crippen LogP contribution < -0.4 is 5.32 Å². The van der Waals surface area contributed by atoms with E-state index in [0.717, 1.165) is 32.5 Å². The molecule has 1 saturated heterocycles. The molecule has 1 amide bonds. The van der Waals surface area contributed by atoms with Gasteiger partial charge in [0, 0.05) is 12.6 Å². The summed E-state index contributed by atoms with van der Waals surface area (Å²) in [6, 6.07) is 0.268. The van der Waals surface area contributed by atoms with Crippen LogP contribution >= 0.6 is 0 Å². The predicted octanol–water partition coefficient (Wildman–Crippen LogP) is 1.61. The summed E-state index contributed by atoms with van der Waals surface area (Å²) < 4.78 is 4.87. The molecule has 1 atom stereocenters. The van der Waals surface area contributed by atoms with Crippen molar-refractivity contribution < 1.29 is 9.53 Å². The Balaban J connectivity index is 2.26. The van der Waals surface area contributed by atoms with E-state index >= 15 is 0 Å². The van der Waals surface area contributed by atoms with Crippen LogP contribution in [0.5, 0.6) is 0 Å². The van der Waals surface area contributed by atoms with E-state index in [1.54, 1.807) is 0 Å². The smallest absolute Gasteiger partial charge is 0.407 e. The Morgan fingerprint density at radius 1 is 1.53 bits per heavy atom. The van der Waals surface area contributed by atoms with Gasteiger partial charge in [-0.15, -0.1) is 0 Å². The first-order chi connectivity index (χ1) is 7.26. The zero-order valence-corrected chi connectivity index (χ0v) is 9.79. The summed E-state index contributed by atoms with van der Waals surface area (Å²) in [6.07, 6.45) is 3.13. The molecule has 1 aliphatic rings. The quantitative estimate of drug-likeness (QED) is 0.773. The largest absolute Gasteiger partial charge is 0.450 e. The van der Waals surface area contributed by atoms with Gasteiger partial charge in [0.25, 0.3) is 0 Å². The van der Waals surface area contributed by atoms with Crippen LogP contribution in [0.4, 0.5) is 4.79 Å². The maximum Gasteiger partial charge on any atom is 0.407 e. The van der Waals surface area contributed by atoms with Crippen LogP contribution in [0.25, 0.3) is 0 Å². The van der Waals surface area contributed by atoms with Crippen molar-refractivity contribution in [3.05, 3.63) is 0 Å². The monoisotopic (exact) mass is 214 g/mol. The molecule has 1 fully saturated rings. The number of amides is 1. The molecular weight excluding hydrogens is 192 g/mol. The summed E-state index contributed by atoms with van der Waals surface area (Å²) in [7, 11) is 0. The number of rotatable bonds is 4. The van der Waals surface area contributed by atoms with Crippen LogP contribution in [0.3, 0.4) is 0 Å². The third-order valence-corrected chi connectivity index (χ3v) is 2.64. The van der Waals surface area contributed by atoms with Gasteiger partial charge in [-0.1, -0.05) is 6.92 Å². The Hall–Kier alpha value is -0.770. The number of likely N-dealkylation sites (tertiary alicyclic amines) is 1. The number of piperidine rings is 1. The average Bonchev–Trinajstić information content (AvgIpc) is 2.19. The van der Waals surface area contributed by atoms with Crippen molar-refractivity contribution in [3.8, 4) is 0 Å². The van der Waals surface area contributed by atoms with Gasteiger partial charge in [0.1, 0.15) is 0 Å². The molecule has 0 spiro atoms. The van der Waals surface area contributed by atoms with Crippen molar-refractivity contribution in [1.82, 2.24) is 10.2 Å². The van der Waals surface area contributed by atoms with Crippen molar-refractivity contribution in [2.24, 2.45) is 0 Å². The van der Waals surface area contributed by atoms with Crippen molar-refractivity contribution >= 4 is 6.09 Å². The molecule has 1 aliphatic heterocycles. The number of nitrogens with one attached hydrogen (secondary N) is 1. The number of alkyl carbamates (subject to hydrolysis) is 1. The fraction of sp³-hybridized carbons (Fsp3) is 0.909. The van der Waals surface area contributed by atoms with Crippen LogP contribution in [0.1, 0.15) is 33.1 Å². The molecule has 0 aromatic carbocycles. The van der Waals surface area contributed by atoms with Gasteiger partial charge >= 0.3 is 6.09 Å². The molecule has 0 bridgehead atoms. The highest BCUT2D eigenvalue weighted by Gasteiger charge is 2.20. The van der Waals surface area contributed by atoms with E-state index in [9.17, 15) is 4.79 Å². The Kier molecular flexibility index (Phi) is 5.47. The molecule has 0 aliphatic carbocycles. The summed E-state index contributed by atoms with van der Waals surface area (Å²) >= 11 is 0. The van der Waals surface area contributed by atoms with E-state index in [-0.39, 0.29) is 12.1 Å². The van der Waals surface area contributed by atoms with Gasteiger partial charge in [0.15, 0.2) is 0 Å². The fourth-order valence-corrected chi connectivity index (χ4v) is 2.03. The van der Waals surface area contributed by atoms with Crippen LogP contribution in [0.15, 0.2) is 0 Å². The highest BCUT2D eigenvalue weighted by atomic mass is 16.5. The highest BCUT2D eigenvalue weighted by Crippen LogP contribution is 2.10. The topological polar surface area (TPSA) is 41.6 Å². The number of nitrogens with zero attached hydrogens (tertiary/aromatic N) is 1. The molecule has 0 aromatic rings. The molecule has 1 N–H and O–H groups in total. The van der Waals surface area contributed by atoms with Gasteiger partial charge < -0.3 is 15.0 Å². The summed E-state index contributed by atoms with van der Waals surface area (Å²) in [5.41, 5.74) is 0. The van der Waals surface area contributed by atoms with Crippen molar-refractivity contribution in [2.45, 2.75) is 39.2 Å². The lowest BCUT2D eigenvalue weighted by molar-refractivity contribution is 0.134. The lowest BCUT2D eigenvalue weighted by atomic mass is 10.1. The number of carbonyl (C=O) groups excluding carboxylic acids is 1. The van der Waals surface area contributed by atoms with Gasteiger partial charge in [-0.2, -0.15) is 0 Å². The summed E-state index contributed by atoms with van der Waals surface area (Å²) in [5.74, 6) is 0. The molecule has 1 rings (SSSR count). The van der Waals surface area contributed by atoms with Crippen LogP contribution in [-0.4, -0.2) is 43.3 Å². The highest BCUT2D eigenvalue weighted by molar-refractivity contribution is 5.67. The lowest BCUT2D eigenvalue weighted by Gasteiger charge is -2.32. The van der Waals surface area contributed by atoms with Crippen LogP contribution in [0, 0.1) is 0 Å². The maximum atomic E-state index is 11.2. The van der Waals surface area contributed by atoms with E-state index in [0.29, 0.717) is 6.61 Å². The molecule has 0 aromatic heterocycles. The normalized spacial score (nSPS) is 22.4. The lowest BCUT2D eigenvalue weighted by Crippen LogP contribution is -2.47. The standard InChI is InChI=1S/C11H22N2O2/c1-3-7-13-8-5-6-10(9-13)12-11(14)15-4-2/h10H,3-9H2,1-2H3,(H,12,14)/t10-/m1/s1. The van der Waals surface area contributed by atoms with Crippen LogP contribution in [0.2, 0.25) is 0 Å². The number of ether oxygens (including phenoxy) is 1. The Labute approximate surface area is 92.0 Å². The van der Waals surface area contributed by atoms with Gasteiger partial charge in [-0.05, 0) is 39.3 Å². The third-order valence-electron chi connectivity index (χ3n) is 2.64. The molecule has 0 radical (unpaired) electrons. The minimum absolute atomic E-state index is 0.268. The van der Waals surface area contributed by atoms with Crippen molar-refractivity contribution in [1.29, 1.82) is 0 Å². The maximum absolute atomic E-state index is 11.2. The first kappa shape index (κ1) is 12.3. The Morgan fingerprint density at radius 2 is 2.33 bits per heavy atom. The molecule has 15 heavy (non-hydrogen) atoms. The SMILES string of the molecule is CCCN1CCC[C@@H](NC(=O)OCC)C1. The summed E-state index contributed by atoms with van der Waals surface area (Å²) in [6.45, 7) is 7.70. The van der Waals surface area contributed by atoms with Gasteiger partial charge in [-0.3, -0.25) is 0 Å². The van der Waals surface area contributed by atoms with Gasteiger partial charge in [0.2, 0.25) is 0 Å². The first-order valence-electron chi connectivity index (χ1n) is 5.91. The summed E-state index contributed by atoms with van der Waals surface area (Å²) in [5, 5.41) is 2.91. The fourth-order valence-electron chi connectivity index (χ4n) is 2.03. The number of hydrogen-bond donors (Lipinski definition) is 1. The van der Waals surface area contributed by atoms with Gasteiger partial charge in [-0.25, -0.2) is 4.79 Å². The second-order valence-corrected chi connectivity index (χ2v) is 4.00. The van der Waals surface area contributed by atoms with Crippen molar-refractivity contribution in [2.75, 3.05) is 26.2 Å². The van der Waals surface area contributed by atoms with E-state index in [2.05, 4.69) is 17.1 Å². The number of hydrogen-bond acceptors (Lipinski definition) is 3. The molecule has 88 valence electrons. The summed E-state index contributed by atoms with van der Waals surface area (Å²) in [4.78, 5) is 13.6. The predicted molar refractivity (Wildman–Crippen MR) is 59.9 cm³/mol. The molecule has 1 heterocycles. The zero-order chi connectivity index (χ0) is 11.1. The molecule has 0 unspecified atom stereocenters. The van der Waals surface area contributed by atoms with E-state index < -0.39 is 0 Å². The van der Waals surface area contributed by atoms with Crippen molar-refractivity contribution in [3.63, 3.8) is 0 Å². The molecule has 4 nitrogen and oxygen atoms in total. The Bertz CT molecular complexity index is 195.